The van der Waals surface area contributed by atoms with Crippen LogP contribution in [0.5, 0.6) is 0 Å². The fourth-order valence-corrected chi connectivity index (χ4v) is 8.24. The molecule has 0 bridgehead atoms. The number of esters is 2. The number of aliphatic hydroxyl groups is 1. The minimum atomic E-state index is -1.01. The van der Waals surface area contributed by atoms with Crippen LogP contribution in [0.4, 0.5) is 4.79 Å². The van der Waals surface area contributed by atoms with Crippen molar-refractivity contribution in [1.82, 2.24) is 4.90 Å². The molecule has 0 aliphatic heterocycles. The predicted octanol–water partition coefficient (Wildman–Crippen LogP) is 17.0. The summed E-state index contributed by atoms with van der Waals surface area (Å²) in [5.41, 5.74) is 0. The third-order valence-electron chi connectivity index (χ3n) is 12.7. The molecular weight excluding hydrogens is 891 g/mol. The van der Waals surface area contributed by atoms with Gasteiger partial charge in [-0.15, -0.1) is 0 Å². The summed E-state index contributed by atoms with van der Waals surface area (Å²) >= 11 is 0. The number of rotatable bonds is 53. The molecule has 0 saturated heterocycles. The van der Waals surface area contributed by atoms with Crippen molar-refractivity contribution < 1.29 is 43.2 Å². The molecule has 0 amide bonds. The summed E-state index contributed by atoms with van der Waals surface area (Å²) in [6, 6.07) is 0. The number of ether oxygens (including phenoxy) is 5. The minimum Gasteiger partial charge on any atom is -0.462 e. The average Bonchev–Trinajstić information content (AvgIpc) is 3.35. The number of hydrogen-bond acceptors (Lipinski definition) is 10. The second kappa shape index (κ2) is 54.8. The van der Waals surface area contributed by atoms with E-state index in [1.54, 1.807) is 0 Å². The number of hydrogen-bond donors (Lipinski definition) is 1. The highest BCUT2D eigenvalue weighted by molar-refractivity contribution is 5.70. The van der Waals surface area contributed by atoms with Gasteiger partial charge in [-0.05, 0) is 123 Å². The molecule has 0 aromatic rings. The maximum Gasteiger partial charge on any atom is 0.508 e. The zero-order valence-corrected chi connectivity index (χ0v) is 46.7. The van der Waals surface area contributed by atoms with Gasteiger partial charge in [0.25, 0.3) is 0 Å². The summed E-state index contributed by atoms with van der Waals surface area (Å²) in [4.78, 5) is 40.9. The van der Waals surface area contributed by atoms with Crippen LogP contribution < -0.4 is 0 Å². The molecule has 0 aliphatic carbocycles. The molecule has 0 fully saturated rings. The molecule has 3 atom stereocenters. The second-order valence-electron chi connectivity index (χ2n) is 20.1. The summed E-state index contributed by atoms with van der Waals surface area (Å²) in [7, 11) is 3.95. The molecular formula is C61H111NO9. The number of carbonyl (C=O) groups is 3. The molecule has 414 valence electrons. The molecule has 0 aromatic heterocycles. The summed E-state index contributed by atoms with van der Waals surface area (Å²) in [6.45, 7) is 7.52. The summed E-state index contributed by atoms with van der Waals surface area (Å²) < 4.78 is 28.3. The molecule has 10 heteroatoms. The van der Waals surface area contributed by atoms with E-state index in [1.165, 1.54) is 96.3 Å². The molecule has 3 unspecified atom stereocenters. The number of unbranched alkanes of at least 4 members (excludes halogenated alkanes) is 25. The summed E-state index contributed by atoms with van der Waals surface area (Å²) in [6.07, 6.45) is 54.0. The van der Waals surface area contributed by atoms with Crippen LogP contribution in [-0.2, 0) is 33.3 Å². The normalized spacial score (nSPS) is 13.3. The molecule has 0 aromatic carbocycles. The molecule has 71 heavy (non-hydrogen) atoms. The lowest BCUT2D eigenvalue weighted by atomic mass is 10.0. The fraction of sp³-hybridized carbons (Fsp3) is 0.820. The SMILES string of the molecule is CCCCC/C=C\C/C=C\CCCCCCCC(=O)OCC(COC(O)CCCCCCC/C=C\C/C=C\CCCCC)OC(=O)CCC(CCCCCCCCCCCC)OC(=O)OCCCN(C)C. The van der Waals surface area contributed by atoms with Crippen molar-refractivity contribution in [3.8, 4) is 0 Å². The van der Waals surface area contributed by atoms with Crippen LogP contribution in [0.3, 0.4) is 0 Å². The largest absolute Gasteiger partial charge is 0.508 e. The first-order valence-electron chi connectivity index (χ1n) is 29.4. The third kappa shape index (κ3) is 53.2. The van der Waals surface area contributed by atoms with Gasteiger partial charge in [0.2, 0.25) is 0 Å². The van der Waals surface area contributed by atoms with Gasteiger partial charge in [-0.1, -0.05) is 191 Å². The first kappa shape index (κ1) is 68.0. The van der Waals surface area contributed by atoms with Gasteiger partial charge in [-0.25, -0.2) is 4.79 Å². The van der Waals surface area contributed by atoms with E-state index in [0.717, 1.165) is 116 Å². The van der Waals surface area contributed by atoms with Crippen molar-refractivity contribution in [3.05, 3.63) is 48.6 Å². The Balaban J connectivity index is 5.06. The van der Waals surface area contributed by atoms with Crippen LogP contribution in [0, 0.1) is 0 Å². The van der Waals surface area contributed by atoms with Crippen molar-refractivity contribution in [2.24, 2.45) is 0 Å². The highest BCUT2D eigenvalue weighted by Gasteiger charge is 2.22. The molecule has 0 saturated carbocycles. The standard InChI is InChI=1S/C61H111NO9/c1-6-9-12-15-18-21-24-26-28-30-32-35-38-41-44-48-58(63)68-54-57(55-69-59(64)49-45-42-39-36-33-31-29-27-25-22-19-16-13-10-7-2)70-60(65)51-50-56(71-61(66)67-53-46-52-62(4)5)47-43-40-37-34-23-20-17-14-11-8-3/h18-19,21-22,26-29,56-58,63H,6-17,20,23-25,30-55H2,1-5H3/b21-18-,22-19-,28-26-,29-27-. The Labute approximate surface area is 436 Å². The van der Waals surface area contributed by atoms with E-state index in [-0.39, 0.29) is 32.2 Å². The second-order valence-corrected chi connectivity index (χ2v) is 20.1. The molecule has 0 radical (unpaired) electrons. The zero-order valence-electron chi connectivity index (χ0n) is 46.7. The Morgan fingerprint density at radius 1 is 0.437 bits per heavy atom. The van der Waals surface area contributed by atoms with Gasteiger partial charge in [-0.3, -0.25) is 9.59 Å². The smallest absolute Gasteiger partial charge is 0.462 e. The van der Waals surface area contributed by atoms with Gasteiger partial charge in [0.05, 0.1) is 13.2 Å². The van der Waals surface area contributed by atoms with Gasteiger partial charge in [-0.2, -0.15) is 0 Å². The number of allylic oxidation sites excluding steroid dienone is 8. The molecule has 0 aliphatic rings. The lowest BCUT2D eigenvalue weighted by Gasteiger charge is -2.21. The van der Waals surface area contributed by atoms with Crippen LogP contribution in [-0.4, -0.2) is 87.1 Å². The lowest BCUT2D eigenvalue weighted by molar-refractivity contribution is -0.173. The quantitative estimate of drug-likeness (QED) is 0.0207. The fourth-order valence-electron chi connectivity index (χ4n) is 8.24. The van der Waals surface area contributed by atoms with Crippen LogP contribution in [0.1, 0.15) is 265 Å². The minimum absolute atomic E-state index is 0.0151. The van der Waals surface area contributed by atoms with Crippen LogP contribution in [0.2, 0.25) is 0 Å². The maximum absolute atomic E-state index is 13.3. The Bertz CT molecular complexity index is 1300. The molecule has 0 spiro atoms. The van der Waals surface area contributed by atoms with Gasteiger partial charge < -0.3 is 33.7 Å². The number of nitrogens with zero attached hydrogens (tertiary/aromatic N) is 1. The van der Waals surface area contributed by atoms with Crippen molar-refractivity contribution in [3.63, 3.8) is 0 Å². The van der Waals surface area contributed by atoms with E-state index in [0.29, 0.717) is 32.1 Å². The Morgan fingerprint density at radius 2 is 0.887 bits per heavy atom. The summed E-state index contributed by atoms with van der Waals surface area (Å²) in [5.74, 6) is -0.834. The highest BCUT2D eigenvalue weighted by atomic mass is 16.7. The topological polar surface area (TPSA) is 121 Å². The first-order chi connectivity index (χ1) is 34.7. The third-order valence-corrected chi connectivity index (χ3v) is 12.7. The zero-order chi connectivity index (χ0) is 51.9. The Morgan fingerprint density at radius 3 is 1.41 bits per heavy atom. The van der Waals surface area contributed by atoms with Gasteiger partial charge in [0.15, 0.2) is 12.4 Å². The maximum atomic E-state index is 13.3. The van der Waals surface area contributed by atoms with E-state index in [9.17, 15) is 19.5 Å². The molecule has 10 nitrogen and oxygen atoms in total. The van der Waals surface area contributed by atoms with Gasteiger partial charge >= 0.3 is 18.1 Å². The number of aliphatic hydroxyl groups excluding tert-OH is 1. The first-order valence-corrected chi connectivity index (χ1v) is 29.4. The number of carbonyl (C=O) groups excluding carboxylic acids is 3. The van der Waals surface area contributed by atoms with Crippen molar-refractivity contribution in [1.29, 1.82) is 0 Å². The van der Waals surface area contributed by atoms with Crippen molar-refractivity contribution in [2.45, 2.75) is 283 Å². The molecule has 0 rings (SSSR count). The molecule has 0 heterocycles. The predicted molar refractivity (Wildman–Crippen MR) is 297 cm³/mol. The lowest BCUT2D eigenvalue weighted by Crippen LogP contribution is -2.32. The van der Waals surface area contributed by atoms with Gasteiger partial charge in [0.1, 0.15) is 12.7 Å². The average molecular weight is 1000 g/mol. The Hall–Kier alpha value is -2.95. The molecule has 1 N–H and O–H groups in total. The highest BCUT2D eigenvalue weighted by Crippen LogP contribution is 2.18. The van der Waals surface area contributed by atoms with E-state index in [2.05, 4.69) is 69.4 Å². The van der Waals surface area contributed by atoms with Crippen molar-refractivity contribution >= 4 is 18.1 Å². The van der Waals surface area contributed by atoms with Crippen LogP contribution >= 0.6 is 0 Å². The van der Waals surface area contributed by atoms with Gasteiger partial charge in [0, 0.05) is 19.4 Å². The van der Waals surface area contributed by atoms with E-state index >= 15 is 0 Å². The monoisotopic (exact) mass is 1000 g/mol. The van der Waals surface area contributed by atoms with E-state index in [4.69, 9.17) is 23.7 Å². The van der Waals surface area contributed by atoms with E-state index in [1.807, 2.05) is 19.0 Å². The van der Waals surface area contributed by atoms with E-state index < -0.39 is 30.6 Å². The Kier molecular flexibility index (Phi) is 52.5. The van der Waals surface area contributed by atoms with Crippen molar-refractivity contribution in [2.75, 3.05) is 40.5 Å². The summed E-state index contributed by atoms with van der Waals surface area (Å²) in [5, 5.41) is 10.7. The van der Waals surface area contributed by atoms with Crippen LogP contribution in [0.25, 0.3) is 0 Å². The van der Waals surface area contributed by atoms with Crippen LogP contribution in [0.15, 0.2) is 48.6 Å².